The molecule has 0 radical (unpaired) electrons. The molecule has 0 saturated carbocycles. The van der Waals surface area contributed by atoms with E-state index in [9.17, 15) is 9.59 Å². The van der Waals surface area contributed by atoms with Crippen molar-refractivity contribution in [3.8, 4) is 5.75 Å². The van der Waals surface area contributed by atoms with Gasteiger partial charge in [-0.25, -0.2) is 0 Å². The zero-order chi connectivity index (χ0) is 20.2. The second kappa shape index (κ2) is 8.85. The first-order valence-electron chi connectivity index (χ1n) is 10.8. The van der Waals surface area contributed by atoms with E-state index in [1.54, 1.807) is 7.11 Å². The lowest BCUT2D eigenvalue weighted by Gasteiger charge is -2.34. The number of hydrogen-bond donors (Lipinski definition) is 0. The predicted octanol–water partition coefficient (Wildman–Crippen LogP) is 4.10. The molecule has 0 unspecified atom stereocenters. The van der Waals surface area contributed by atoms with Crippen LogP contribution in [0.5, 0.6) is 5.75 Å². The Balaban J connectivity index is 1.44. The molecular weight excluding hydrogens is 364 g/mol. The summed E-state index contributed by atoms with van der Waals surface area (Å²) in [6.45, 7) is 3.08. The Hall–Kier alpha value is -2.56. The van der Waals surface area contributed by atoms with Crippen molar-refractivity contribution in [2.24, 2.45) is 5.92 Å². The molecule has 0 bridgehead atoms. The molecule has 2 amide bonds. The number of amides is 2. The van der Waals surface area contributed by atoms with Crippen LogP contribution in [0.3, 0.4) is 0 Å². The average molecular weight is 395 g/mol. The van der Waals surface area contributed by atoms with Crippen molar-refractivity contribution < 1.29 is 14.3 Å². The van der Waals surface area contributed by atoms with Crippen molar-refractivity contribution >= 4 is 22.6 Å². The number of methoxy groups -OCH3 is 1. The van der Waals surface area contributed by atoms with E-state index in [1.807, 2.05) is 41.3 Å². The number of rotatable bonds is 3. The Morgan fingerprint density at radius 2 is 1.48 bits per heavy atom. The fourth-order valence-corrected chi connectivity index (χ4v) is 4.69. The minimum Gasteiger partial charge on any atom is -0.496 e. The third-order valence-electron chi connectivity index (χ3n) is 6.38. The monoisotopic (exact) mass is 394 g/mol. The van der Waals surface area contributed by atoms with E-state index >= 15 is 0 Å². The third kappa shape index (κ3) is 4.09. The summed E-state index contributed by atoms with van der Waals surface area (Å²) in [5, 5.41) is 1.87. The number of hydrogen-bond acceptors (Lipinski definition) is 3. The Morgan fingerprint density at radius 1 is 0.828 bits per heavy atom. The van der Waals surface area contributed by atoms with Crippen molar-refractivity contribution in [3.63, 3.8) is 0 Å². The first-order valence-corrected chi connectivity index (χ1v) is 10.8. The number of carbonyl (C=O) groups excluding carboxylic acids is 2. The molecule has 0 N–H and O–H groups in total. The van der Waals surface area contributed by atoms with Gasteiger partial charge >= 0.3 is 0 Å². The lowest BCUT2D eigenvalue weighted by molar-refractivity contribution is -0.136. The number of nitrogens with zero attached hydrogens (tertiary/aromatic N) is 2. The molecule has 2 fully saturated rings. The van der Waals surface area contributed by atoms with E-state index in [4.69, 9.17) is 4.74 Å². The highest BCUT2D eigenvalue weighted by molar-refractivity contribution is 6.08. The third-order valence-corrected chi connectivity index (χ3v) is 6.38. The second-order valence-electron chi connectivity index (χ2n) is 8.17. The molecule has 2 aliphatic heterocycles. The van der Waals surface area contributed by atoms with Crippen molar-refractivity contribution in [3.05, 3.63) is 42.0 Å². The zero-order valence-corrected chi connectivity index (χ0v) is 17.2. The fraction of sp³-hybridized carbons (Fsp3) is 0.500. The molecule has 5 heteroatoms. The summed E-state index contributed by atoms with van der Waals surface area (Å²) >= 11 is 0. The Bertz CT molecular complexity index is 879. The molecule has 0 atom stereocenters. The largest absolute Gasteiger partial charge is 0.496 e. The van der Waals surface area contributed by atoms with Gasteiger partial charge in [0.25, 0.3) is 5.91 Å². The van der Waals surface area contributed by atoms with E-state index in [0.29, 0.717) is 24.6 Å². The van der Waals surface area contributed by atoms with Crippen LogP contribution in [-0.4, -0.2) is 54.9 Å². The summed E-state index contributed by atoms with van der Waals surface area (Å²) in [5.74, 6) is 1.18. The number of likely N-dealkylation sites (tertiary alicyclic amines) is 2. The highest BCUT2D eigenvalue weighted by atomic mass is 16.5. The van der Waals surface area contributed by atoms with Gasteiger partial charge in [-0.15, -0.1) is 0 Å². The van der Waals surface area contributed by atoms with Crippen LogP contribution in [0.1, 0.15) is 48.9 Å². The zero-order valence-electron chi connectivity index (χ0n) is 17.2. The first kappa shape index (κ1) is 19.7. The van der Waals surface area contributed by atoms with Gasteiger partial charge in [0.1, 0.15) is 5.75 Å². The van der Waals surface area contributed by atoms with E-state index in [2.05, 4.69) is 4.90 Å². The summed E-state index contributed by atoms with van der Waals surface area (Å²) in [6, 6.07) is 11.6. The molecule has 154 valence electrons. The number of carbonyl (C=O) groups is 2. The van der Waals surface area contributed by atoms with Gasteiger partial charge in [-0.1, -0.05) is 37.1 Å². The van der Waals surface area contributed by atoms with Crippen LogP contribution in [0.4, 0.5) is 0 Å². The van der Waals surface area contributed by atoms with E-state index in [0.717, 1.165) is 55.3 Å². The summed E-state index contributed by atoms with van der Waals surface area (Å²) < 4.78 is 5.45. The van der Waals surface area contributed by atoms with Gasteiger partial charge in [0.05, 0.1) is 7.11 Å². The van der Waals surface area contributed by atoms with E-state index < -0.39 is 0 Å². The molecule has 2 aromatic carbocycles. The van der Waals surface area contributed by atoms with Crippen LogP contribution in [0.25, 0.3) is 10.8 Å². The van der Waals surface area contributed by atoms with Gasteiger partial charge in [-0.3, -0.25) is 9.59 Å². The van der Waals surface area contributed by atoms with Crippen molar-refractivity contribution in [1.82, 2.24) is 9.80 Å². The number of fused-ring (bicyclic) bond motifs is 1. The summed E-state index contributed by atoms with van der Waals surface area (Å²) in [6.07, 6.45) is 6.21. The molecule has 5 nitrogen and oxygen atoms in total. The average Bonchev–Trinajstić information content (AvgIpc) is 3.07. The minimum atomic E-state index is 0.0459. The molecule has 2 heterocycles. The van der Waals surface area contributed by atoms with Crippen LogP contribution < -0.4 is 4.74 Å². The number of piperidine rings is 1. The number of ether oxygens (including phenoxy) is 1. The maximum atomic E-state index is 13.2. The van der Waals surface area contributed by atoms with Crippen LogP contribution in [-0.2, 0) is 4.79 Å². The number of benzene rings is 2. The lowest BCUT2D eigenvalue weighted by Crippen LogP contribution is -2.44. The molecule has 2 aromatic rings. The Labute approximate surface area is 172 Å². The summed E-state index contributed by atoms with van der Waals surface area (Å²) in [7, 11) is 1.65. The van der Waals surface area contributed by atoms with Crippen molar-refractivity contribution in [1.29, 1.82) is 0 Å². The molecule has 0 spiro atoms. The van der Waals surface area contributed by atoms with Crippen molar-refractivity contribution in [2.75, 3.05) is 33.3 Å². The Kier molecular flexibility index (Phi) is 6.02. The lowest BCUT2D eigenvalue weighted by atomic mass is 9.94. The highest BCUT2D eigenvalue weighted by Gasteiger charge is 2.31. The smallest absolute Gasteiger partial charge is 0.254 e. The van der Waals surface area contributed by atoms with Crippen LogP contribution in [0, 0.1) is 5.92 Å². The van der Waals surface area contributed by atoms with Gasteiger partial charge in [0, 0.05) is 43.0 Å². The molecule has 29 heavy (non-hydrogen) atoms. The molecule has 0 aromatic heterocycles. The predicted molar refractivity (Wildman–Crippen MR) is 114 cm³/mol. The normalized spacial score (nSPS) is 18.5. The molecule has 0 aliphatic carbocycles. The van der Waals surface area contributed by atoms with Gasteiger partial charge in [0.15, 0.2) is 0 Å². The van der Waals surface area contributed by atoms with Gasteiger partial charge < -0.3 is 14.5 Å². The molecule has 2 aliphatic rings. The molecule has 2 saturated heterocycles. The van der Waals surface area contributed by atoms with Crippen LogP contribution >= 0.6 is 0 Å². The van der Waals surface area contributed by atoms with Gasteiger partial charge in [0.2, 0.25) is 5.91 Å². The van der Waals surface area contributed by atoms with Crippen LogP contribution in [0.15, 0.2) is 36.4 Å². The first-order chi connectivity index (χ1) is 14.2. The SMILES string of the molecule is COc1ccc(C(=O)N2CCC(C(=O)N3CCCCCC3)CC2)c2ccccc12. The van der Waals surface area contributed by atoms with E-state index in [-0.39, 0.29) is 11.8 Å². The van der Waals surface area contributed by atoms with E-state index in [1.165, 1.54) is 12.8 Å². The van der Waals surface area contributed by atoms with Crippen molar-refractivity contribution in [2.45, 2.75) is 38.5 Å². The second-order valence-corrected chi connectivity index (χ2v) is 8.17. The minimum absolute atomic E-state index is 0.0459. The fourth-order valence-electron chi connectivity index (χ4n) is 4.69. The quantitative estimate of drug-likeness (QED) is 0.787. The van der Waals surface area contributed by atoms with Crippen LogP contribution in [0.2, 0.25) is 0 Å². The summed E-state index contributed by atoms with van der Waals surface area (Å²) in [4.78, 5) is 30.1. The maximum absolute atomic E-state index is 13.2. The topological polar surface area (TPSA) is 49.9 Å². The van der Waals surface area contributed by atoms with Gasteiger partial charge in [-0.2, -0.15) is 0 Å². The Morgan fingerprint density at radius 3 is 2.14 bits per heavy atom. The van der Waals surface area contributed by atoms with Gasteiger partial charge in [-0.05, 0) is 43.2 Å². The summed E-state index contributed by atoms with van der Waals surface area (Å²) in [5.41, 5.74) is 0.707. The standard InChI is InChI=1S/C24H30N2O3/c1-29-22-11-10-21(19-8-4-5-9-20(19)22)24(28)26-16-12-18(13-17-26)23(27)25-14-6-2-3-7-15-25/h4-5,8-11,18H,2-3,6-7,12-17H2,1H3. The maximum Gasteiger partial charge on any atom is 0.254 e. The molecule has 4 rings (SSSR count). The highest BCUT2D eigenvalue weighted by Crippen LogP contribution is 2.30. The molecular formula is C24H30N2O3.